The van der Waals surface area contributed by atoms with Crippen molar-refractivity contribution in [2.75, 3.05) is 18.9 Å². The Bertz CT molecular complexity index is 1630. The molecule has 1 amide bonds. The number of nitrogen functional groups attached to an aromatic ring is 1. The second-order valence-electron chi connectivity index (χ2n) is 9.69. The maximum absolute atomic E-state index is 12.4. The normalized spacial score (nSPS) is 31.6. The number of hydrogen-bond donors (Lipinski definition) is 8. The van der Waals surface area contributed by atoms with Gasteiger partial charge >= 0.3 is 15.6 Å². The van der Waals surface area contributed by atoms with Crippen LogP contribution in [0.4, 0.5) is 5.82 Å². The van der Waals surface area contributed by atoms with Gasteiger partial charge in [0.15, 0.2) is 36.2 Å². The Kier molecular flexibility index (Phi) is 9.13. The zero-order valence-corrected chi connectivity index (χ0v) is 24.0. The predicted molar refractivity (Wildman–Crippen MR) is 139 cm³/mol. The largest absolute Gasteiger partial charge is 0.481 e. The van der Waals surface area contributed by atoms with E-state index in [0.29, 0.717) is 0 Å². The number of carbonyl (C=O) groups is 1. The van der Waals surface area contributed by atoms with Crippen molar-refractivity contribution in [2.24, 2.45) is 5.73 Å². The Morgan fingerprint density at radius 2 is 1.61 bits per heavy atom. The van der Waals surface area contributed by atoms with Gasteiger partial charge in [0.25, 0.3) is 12.1 Å². The molecule has 0 radical (unpaired) electrons. The van der Waals surface area contributed by atoms with Gasteiger partial charge in [0.05, 0.1) is 19.5 Å². The molecule has 2 saturated heterocycles. The van der Waals surface area contributed by atoms with Crippen LogP contribution in [0.15, 0.2) is 37.2 Å². The number of amides is 1. The van der Waals surface area contributed by atoms with Gasteiger partial charge in [0.2, 0.25) is 0 Å². The maximum atomic E-state index is 12.4. The van der Waals surface area contributed by atoms with Crippen LogP contribution in [0.25, 0.3) is 11.2 Å². The number of ether oxygens (including phenoxy) is 2. The average molecular weight is 664 g/mol. The van der Waals surface area contributed by atoms with Gasteiger partial charge in [-0.3, -0.25) is 18.4 Å². The highest BCUT2D eigenvalue weighted by atomic mass is 31.3. The lowest BCUT2D eigenvalue weighted by atomic mass is 10.1. The van der Waals surface area contributed by atoms with Crippen LogP contribution >= 0.6 is 15.6 Å². The number of aliphatic hydroxyl groups is 4. The van der Waals surface area contributed by atoms with E-state index in [1.165, 1.54) is 40.0 Å². The summed E-state index contributed by atoms with van der Waals surface area (Å²) in [4.78, 5) is 43.3. The highest BCUT2D eigenvalue weighted by Crippen LogP contribution is 2.60. The second-order valence-corrected chi connectivity index (χ2v) is 12.7. The van der Waals surface area contributed by atoms with Crippen LogP contribution in [0.3, 0.4) is 0 Å². The third-order valence-electron chi connectivity index (χ3n) is 6.75. The summed E-state index contributed by atoms with van der Waals surface area (Å²) in [6.07, 6.45) is -6.85. The number of fused-ring (bicyclic) bond motifs is 1. The maximum Gasteiger partial charge on any atom is 0.481 e. The average Bonchev–Trinajstić information content (AvgIpc) is 3.61. The lowest BCUT2D eigenvalue weighted by Gasteiger charge is -2.20. The third-order valence-corrected chi connectivity index (χ3v) is 9.35. The molecule has 3 aromatic rings. The minimum absolute atomic E-state index is 0.0505. The van der Waals surface area contributed by atoms with Crippen LogP contribution in [-0.4, -0.2) is 105 Å². The fourth-order valence-electron chi connectivity index (χ4n) is 4.58. The van der Waals surface area contributed by atoms with Crippen molar-refractivity contribution >= 4 is 38.5 Å². The monoisotopic (exact) mass is 664 g/mol. The van der Waals surface area contributed by atoms with Gasteiger partial charge < -0.3 is 51.2 Å². The number of anilines is 1. The summed E-state index contributed by atoms with van der Waals surface area (Å²) >= 11 is 0. The zero-order chi connectivity index (χ0) is 32.0. The molecule has 0 aliphatic carbocycles. The number of primary amides is 1. The summed E-state index contributed by atoms with van der Waals surface area (Å²) < 4.78 is 52.0. The Labute approximate surface area is 246 Å². The van der Waals surface area contributed by atoms with Crippen LogP contribution in [-0.2, 0) is 32.0 Å². The van der Waals surface area contributed by atoms with Gasteiger partial charge in [-0.25, -0.2) is 24.1 Å². The number of nitrogens with two attached hydrogens (primary N) is 2. The highest BCUT2D eigenvalue weighted by molar-refractivity contribution is 7.61. The minimum Gasteiger partial charge on any atom is -0.387 e. The van der Waals surface area contributed by atoms with Crippen molar-refractivity contribution < 1.29 is 71.5 Å². The molecular weight excluding hydrogens is 636 g/mol. The number of hydrogen-bond acceptors (Lipinski definition) is 16. The molecule has 10 atom stereocenters. The number of carbonyl (C=O) groups excluding carboxylic acids is 1. The fourth-order valence-corrected chi connectivity index (χ4v) is 6.67. The van der Waals surface area contributed by atoms with Crippen molar-refractivity contribution in [3.05, 3.63) is 42.7 Å². The molecule has 2 aliphatic heterocycles. The Morgan fingerprint density at radius 3 is 2.27 bits per heavy atom. The van der Waals surface area contributed by atoms with Gasteiger partial charge in [-0.05, 0) is 6.07 Å². The van der Waals surface area contributed by atoms with Crippen molar-refractivity contribution in [1.82, 2.24) is 19.5 Å². The van der Waals surface area contributed by atoms with Crippen molar-refractivity contribution in [3.63, 3.8) is 0 Å². The van der Waals surface area contributed by atoms with Crippen molar-refractivity contribution in [2.45, 2.75) is 49.1 Å². The Hall–Kier alpha value is -3.01. The summed E-state index contributed by atoms with van der Waals surface area (Å²) in [6.45, 7) is -1.80. The van der Waals surface area contributed by atoms with E-state index in [0.717, 1.165) is 6.33 Å². The van der Waals surface area contributed by atoms with Crippen LogP contribution in [0.5, 0.6) is 0 Å². The standard InChI is InChI=1S/C21H27N7O14P2/c22-17-12-19(25-7-24-17)28(8-26-12)21-16(32)14(30)11(41-21)6-39-44(36,37)42-43(34,35)38-5-10-13(29)15(31)20(40-10)27-3-1-2-9(4-27)18(23)33/h1-4,7-8,10-11,13-16,20-21,29-32H,5-6H2,(H5-,22,23,24,25,33,34,35,36,37)/p+1/t10-,11-,13+,14+,15-,16-,20-,21-/m1/s1. The quantitative estimate of drug-likeness (QED) is 0.0747. The van der Waals surface area contributed by atoms with E-state index in [1.54, 1.807) is 0 Å². The molecule has 21 nitrogen and oxygen atoms in total. The zero-order valence-electron chi connectivity index (χ0n) is 22.2. The van der Waals surface area contributed by atoms with E-state index in [4.69, 9.17) is 25.5 Å². The molecule has 2 unspecified atom stereocenters. The molecule has 10 N–H and O–H groups in total. The third kappa shape index (κ3) is 6.65. The van der Waals surface area contributed by atoms with Gasteiger partial charge in [0.1, 0.15) is 47.9 Å². The van der Waals surface area contributed by atoms with Crippen LogP contribution in [0, 0.1) is 0 Å². The first-order valence-corrected chi connectivity index (χ1v) is 15.6. The summed E-state index contributed by atoms with van der Waals surface area (Å²) in [5, 5.41) is 41.6. The fraction of sp³-hybridized carbons (Fsp3) is 0.476. The number of phosphoric acid groups is 2. The molecule has 2 aliphatic rings. The second kappa shape index (κ2) is 12.4. The smallest absolute Gasteiger partial charge is 0.387 e. The molecule has 5 rings (SSSR count). The highest BCUT2D eigenvalue weighted by Gasteiger charge is 2.50. The van der Waals surface area contributed by atoms with E-state index in [1.807, 2.05) is 0 Å². The van der Waals surface area contributed by atoms with Gasteiger partial charge in [0, 0.05) is 6.07 Å². The van der Waals surface area contributed by atoms with Crippen LogP contribution < -0.4 is 16.0 Å². The molecule has 0 saturated carbocycles. The van der Waals surface area contributed by atoms with Crippen molar-refractivity contribution in [3.8, 4) is 0 Å². The van der Waals surface area contributed by atoms with Gasteiger partial charge in [-0.15, -0.1) is 0 Å². The minimum atomic E-state index is -5.37. The summed E-state index contributed by atoms with van der Waals surface area (Å²) in [6, 6.07) is 2.83. The molecule has 44 heavy (non-hydrogen) atoms. The van der Waals surface area contributed by atoms with Crippen LogP contribution in [0.1, 0.15) is 22.8 Å². The Balaban J connectivity index is 1.16. The van der Waals surface area contributed by atoms with Crippen molar-refractivity contribution in [1.29, 1.82) is 0 Å². The number of pyridine rings is 1. The first kappa shape index (κ1) is 32.4. The van der Waals surface area contributed by atoms with Crippen LogP contribution in [0.2, 0.25) is 0 Å². The first-order chi connectivity index (χ1) is 20.7. The lowest BCUT2D eigenvalue weighted by molar-refractivity contribution is -0.765. The number of nitrogens with zero attached hydrogens (tertiary/aromatic N) is 5. The lowest BCUT2D eigenvalue weighted by Crippen LogP contribution is -2.46. The predicted octanol–water partition coefficient (Wildman–Crippen LogP) is -3.02. The van der Waals surface area contributed by atoms with E-state index in [-0.39, 0.29) is 22.5 Å². The van der Waals surface area contributed by atoms with E-state index in [9.17, 15) is 44.1 Å². The molecule has 23 heteroatoms. The van der Waals surface area contributed by atoms with Gasteiger partial charge in [-0.1, -0.05) is 0 Å². The number of imidazole rings is 1. The number of rotatable bonds is 11. The Morgan fingerprint density at radius 1 is 0.977 bits per heavy atom. The SMILES string of the molecule is NC(=O)c1ccc[n+]([C@@H]2O[C@H](COP(=O)(O)OP(=O)(O)OC[C@H]3O[C@@H](n4cnc5c(N)ncnc54)[C@H](O)[C@H]3O)[C@H](O)[C@H]2O)c1. The summed E-state index contributed by atoms with van der Waals surface area (Å²) in [5.74, 6) is -0.714. The summed E-state index contributed by atoms with van der Waals surface area (Å²) in [5.41, 5.74) is 11.4. The topological polar surface area (TPSA) is 318 Å². The first-order valence-electron chi connectivity index (χ1n) is 12.6. The van der Waals surface area contributed by atoms with E-state index >= 15 is 0 Å². The molecule has 240 valence electrons. The molecule has 0 aromatic carbocycles. The molecule has 0 bridgehead atoms. The molecule has 3 aromatic heterocycles. The molecule has 2 fully saturated rings. The van der Waals surface area contributed by atoms with Gasteiger partial charge in [-0.2, -0.15) is 8.88 Å². The van der Waals surface area contributed by atoms with E-state index < -0.39 is 83.8 Å². The number of aliphatic hydroxyl groups excluding tert-OH is 4. The molecular formula is C21H28N7O14P2+. The molecule has 5 heterocycles. The van der Waals surface area contributed by atoms with E-state index in [2.05, 4.69) is 23.8 Å². The molecule has 0 spiro atoms. The summed E-state index contributed by atoms with van der Waals surface area (Å²) in [7, 11) is -10.7. The number of aromatic nitrogens is 5. The number of phosphoric ester groups is 2.